The largest absolute Gasteiger partial charge is 0.478 e. The van der Waals surface area contributed by atoms with Crippen LogP contribution in [0, 0.1) is 12.7 Å². The number of carbonyl (C=O) groups is 2. The third kappa shape index (κ3) is 3.56. The number of amides is 1. The molecule has 0 aliphatic heterocycles. The highest BCUT2D eigenvalue weighted by Crippen LogP contribution is 2.20. The fourth-order valence-corrected chi connectivity index (χ4v) is 2.99. The van der Waals surface area contributed by atoms with Crippen LogP contribution in [0.15, 0.2) is 17.0 Å². The first kappa shape index (κ1) is 17.1. The third-order valence-electron chi connectivity index (χ3n) is 2.77. The topological polar surface area (TPSA) is 127 Å². The number of primary amides is 1. The van der Waals surface area contributed by atoms with Gasteiger partial charge < -0.3 is 10.8 Å². The molecule has 0 aromatic heterocycles. The first-order chi connectivity index (χ1) is 9.38. The van der Waals surface area contributed by atoms with E-state index in [0.29, 0.717) is 6.07 Å². The van der Waals surface area contributed by atoms with Crippen LogP contribution in [0.4, 0.5) is 4.39 Å². The maximum atomic E-state index is 13.6. The average molecular weight is 318 g/mol. The van der Waals surface area contributed by atoms with Gasteiger partial charge in [-0.2, -0.15) is 4.72 Å². The Balaban J connectivity index is 3.40. The number of carbonyl (C=O) groups excluding carboxylic acids is 1. The van der Waals surface area contributed by atoms with Gasteiger partial charge in [-0.3, -0.25) is 4.79 Å². The number of nitrogens with one attached hydrogen (secondary N) is 1. The molecule has 1 amide bonds. The van der Waals surface area contributed by atoms with Crippen molar-refractivity contribution >= 4 is 21.9 Å². The van der Waals surface area contributed by atoms with Gasteiger partial charge in [-0.15, -0.1) is 0 Å². The van der Waals surface area contributed by atoms with Crippen molar-refractivity contribution < 1.29 is 27.5 Å². The Kier molecular flexibility index (Phi) is 4.40. The van der Waals surface area contributed by atoms with Gasteiger partial charge in [0.05, 0.1) is 10.5 Å². The van der Waals surface area contributed by atoms with Crippen molar-refractivity contribution in [1.29, 1.82) is 0 Å². The molecule has 21 heavy (non-hydrogen) atoms. The molecule has 0 spiro atoms. The number of carboxylic acids is 1. The number of aryl methyl sites for hydroxylation is 1. The Morgan fingerprint density at radius 2 is 1.86 bits per heavy atom. The van der Waals surface area contributed by atoms with Crippen LogP contribution >= 0.6 is 0 Å². The summed E-state index contributed by atoms with van der Waals surface area (Å²) in [6, 6.07) is 1.66. The first-order valence-corrected chi connectivity index (χ1v) is 7.24. The smallest absolute Gasteiger partial charge is 0.338 e. The molecular weight excluding hydrogens is 303 g/mol. The van der Waals surface area contributed by atoms with Crippen LogP contribution in [0.1, 0.15) is 29.8 Å². The van der Waals surface area contributed by atoms with Gasteiger partial charge in [0.25, 0.3) is 0 Å². The number of benzene rings is 1. The van der Waals surface area contributed by atoms with Gasteiger partial charge in [-0.1, -0.05) is 0 Å². The molecule has 0 atom stereocenters. The van der Waals surface area contributed by atoms with E-state index in [9.17, 15) is 22.4 Å². The lowest BCUT2D eigenvalue weighted by atomic mass is 10.1. The molecule has 9 heteroatoms. The molecule has 1 aromatic rings. The standard InChI is InChI=1S/C12H15FN2O5S/c1-6-4-7(5-8(9(6)13)10(16)17)21(19,20)15-12(2,3)11(14)18/h4-5,15H,1-3H3,(H2,14,18)(H,16,17). The summed E-state index contributed by atoms with van der Waals surface area (Å²) in [5, 5.41) is 8.87. The Labute approximate surface area is 121 Å². The molecule has 1 rings (SSSR count). The zero-order valence-corrected chi connectivity index (χ0v) is 12.4. The summed E-state index contributed by atoms with van der Waals surface area (Å²) >= 11 is 0. The second-order valence-corrected chi connectivity index (χ2v) is 6.68. The molecule has 0 heterocycles. The molecule has 7 nitrogen and oxygen atoms in total. The minimum Gasteiger partial charge on any atom is -0.478 e. The van der Waals surface area contributed by atoms with Crippen molar-refractivity contribution in [2.45, 2.75) is 31.2 Å². The van der Waals surface area contributed by atoms with E-state index >= 15 is 0 Å². The molecule has 0 saturated heterocycles. The van der Waals surface area contributed by atoms with Crippen molar-refractivity contribution in [2.75, 3.05) is 0 Å². The van der Waals surface area contributed by atoms with Gasteiger partial charge in [0, 0.05) is 0 Å². The molecule has 0 unspecified atom stereocenters. The molecule has 4 N–H and O–H groups in total. The molecule has 116 valence electrons. The Bertz CT molecular complexity index is 713. The van der Waals surface area contributed by atoms with Gasteiger partial charge in [0.15, 0.2) is 0 Å². The average Bonchev–Trinajstić information content (AvgIpc) is 2.30. The van der Waals surface area contributed by atoms with E-state index in [1.54, 1.807) is 0 Å². The number of hydrogen-bond acceptors (Lipinski definition) is 4. The predicted molar refractivity (Wildman–Crippen MR) is 71.7 cm³/mol. The number of sulfonamides is 1. The van der Waals surface area contributed by atoms with Crippen LogP contribution in [-0.4, -0.2) is 30.9 Å². The van der Waals surface area contributed by atoms with E-state index in [0.717, 1.165) is 6.07 Å². The number of hydrogen-bond donors (Lipinski definition) is 3. The number of aromatic carboxylic acids is 1. The minimum atomic E-state index is -4.24. The molecule has 0 radical (unpaired) electrons. The monoisotopic (exact) mass is 318 g/mol. The van der Waals surface area contributed by atoms with E-state index in [2.05, 4.69) is 0 Å². The van der Waals surface area contributed by atoms with Crippen LogP contribution in [-0.2, 0) is 14.8 Å². The van der Waals surface area contributed by atoms with E-state index in [1.807, 2.05) is 4.72 Å². The lowest BCUT2D eigenvalue weighted by molar-refractivity contribution is -0.122. The highest BCUT2D eigenvalue weighted by Gasteiger charge is 2.32. The Morgan fingerprint density at radius 3 is 2.29 bits per heavy atom. The summed E-state index contributed by atoms with van der Waals surface area (Å²) in [5.41, 5.74) is 2.57. The second-order valence-electron chi connectivity index (χ2n) is 5.00. The van der Waals surface area contributed by atoms with Crippen molar-refractivity contribution in [2.24, 2.45) is 5.73 Å². The summed E-state index contributed by atoms with van der Waals surface area (Å²) in [6.07, 6.45) is 0. The fraction of sp³-hybridized carbons (Fsp3) is 0.333. The maximum Gasteiger partial charge on any atom is 0.338 e. The molecule has 0 saturated carbocycles. The highest BCUT2D eigenvalue weighted by atomic mass is 32.2. The number of nitrogens with two attached hydrogens (primary N) is 1. The van der Waals surface area contributed by atoms with Crippen LogP contribution < -0.4 is 10.5 Å². The van der Waals surface area contributed by atoms with Gasteiger partial charge in [0.2, 0.25) is 15.9 Å². The Morgan fingerprint density at radius 1 is 1.33 bits per heavy atom. The van der Waals surface area contributed by atoms with Crippen molar-refractivity contribution in [1.82, 2.24) is 4.72 Å². The quantitative estimate of drug-likeness (QED) is 0.723. The van der Waals surface area contributed by atoms with Crippen molar-refractivity contribution in [3.8, 4) is 0 Å². The first-order valence-electron chi connectivity index (χ1n) is 5.76. The number of halogens is 1. The summed E-state index contributed by atoms with van der Waals surface area (Å²) in [4.78, 5) is 21.6. The van der Waals surface area contributed by atoms with Gasteiger partial charge in [-0.25, -0.2) is 17.6 Å². The minimum absolute atomic E-state index is 0.146. The molecule has 1 aromatic carbocycles. The summed E-state index contributed by atoms with van der Waals surface area (Å²) in [5.74, 6) is -3.53. The zero-order valence-electron chi connectivity index (χ0n) is 11.6. The normalized spacial score (nSPS) is 12.2. The van der Waals surface area contributed by atoms with Crippen LogP contribution in [0.3, 0.4) is 0 Å². The maximum absolute atomic E-state index is 13.6. The lowest BCUT2D eigenvalue weighted by Gasteiger charge is -2.22. The van der Waals surface area contributed by atoms with Gasteiger partial charge in [-0.05, 0) is 38.5 Å². The number of rotatable bonds is 5. The van der Waals surface area contributed by atoms with Gasteiger partial charge >= 0.3 is 5.97 Å². The van der Waals surface area contributed by atoms with Crippen LogP contribution in [0.5, 0.6) is 0 Å². The molecular formula is C12H15FN2O5S. The number of carboxylic acid groups (broad SMARTS) is 1. The second kappa shape index (κ2) is 5.41. The third-order valence-corrected chi connectivity index (χ3v) is 4.41. The van der Waals surface area contributed by atoms with E-state index < -0.39 is 43.7 Å². The molecule has 0 aliphatic rings. The Hall–Kier alpha value is -2.00. The molecule has 0 aliphatic carbocycles. The zero-order chi connectivity index (χ0) is 16.6. The fourth-order valence-electron chi connectivity index (χ4n) is 1.49. The predicted octanol–water partition coefficient (Wildman–Crippen LogP) is 0.375. The van der Waals surface area contributed by atoms with Crippen LogP contribution in [0.2, 0.25) is 0 Å². The SMILES string of the molecule is Cc1cc(S(=O)(=O)NC(C)(C)C(N)=O)cc(C(=O)O)c1F. The van der Waals surface area contributed by atoms with Gasteiger partial charge in [0.1, 0.15) is 11.4 Å². The molecule has 0 fully saturated rings. The lowest BCUT2D eigenvalue weighted by Crippen LogP contribution is -2.52. The van der Waals surface area contributed by atoms with Crippen molar-refractivity contribution in [3.05, 3.63) is 29.1 Å². The summed E-state index contributed by atoms with van der Waals surface area (Å²) < 4.78 is 40.0. The van der Waals surface area contributed by atoms with Crippen LogP contribution in [0.25, 0.3) is 0 Å². The summed E-state index contributed by atoms with van der Waals surface area (Å²) in [6.45, 7) is 3.74. The molecule has 0 bridgehead atoms. The van der Waals surface area contributed by atoms with E-state index in [-0.39, 0.29) is 5.56 Å². The van der Waals surface area contributed by atoms with Crippen molar-refractivity contribution in [3.63, 3.8) is 0 Å². The summed E-state index contributed by atoms with van der Waals surface area (Å²) in [7, 11) is -4.24. The van der Waals surface area contributed by atoms with E-state index in [4.69, 9.17) is 10.8 Å². The highest BCUT2D eigenvalue weighted by molar-refractivity contribution is 7.89. The van der Waals surface area contributed by atoms with E-state index in [1.165, 1.54) is 20.8 Å².